The van der Waals surface area contributed by atoms with Crippen LogP contribution >= 0.6 is 0 Å². The molecule has 1 aromatic heterocycles. The second-order valence-electron chi connectivity index (χ2n) is 6.04. The fourth-order valence-corrected chi connectivity index (χ4v) is 2.96. The summed E-state index contributed by atoms with van der Waals surface area (Å²) in [6, 6.07) is 32.6. The number of ether oxygens (including phenoxy) is 1. The van der Waals surface area contributed by atoms with Gasteiger partial charge in [-0.05, 0) is 35.9 Å². The lowest BCUT2D eigenvalue weighted by Gasteiger charge is -2.03. The highest BCUT2D eigenvalue weighted by Gasteiger charge is 2.20. The zero-order chi connectivity index (χ0) is 17.8. The van der Waals surface area contributed by atoms with E-state index in [-0.39, 0.29) is 0 Å². The van der Waals surface area contributed by atoms with Gasteiger partial charge >= 0.3 is 11.5 Å². The highest BCUT2D eigenvalue weighted by molar-refractivity contribution is 5.74. The molecule has 0 fully saturated rings. The van der Waals surface area contributed by atoms with Gasteiger partial charge in [0.05, 0.1) is 30.4 Å². The SMILES string of the molecule is COc1cccc(-c2cc(-c3ccccc3)cc(-c3ccccc3)[o+]2)c1. The lowest BCUT2D eigenvalue weighted by atomic mass is 10.0. The van der Waals surface area contributed by atoms with Crippen molar-refractivity contribution in [3.63, 3.8) is 0 Å². The summed E-state index contributed by atoms with van der Waals surface area (Å²) in [5.41, 5.74) is 4.31. The predicted molar refractivity (Wildman–Crippen MR) is 106 cm³/mol. The number of methoxy groups -OCH3 is 1. The Morgan fingerprint density at radius 3 is 1.77 bits per heavy atom. The maximum Gasteiger partial charge on any atom is 0.361 e. The van der Waals surface area contributed by atoms with E-state index in [1.165, 1.54) is 0 Å². The lowest BCUT2D eigenvalue weighted by Crippen LogP contribution is -1.87. The van der Waals surface area contributed by atoms with Crippen LogP contribution in [0.4, 0.5) is 0 Å². The number of hydrogen-bond donors (Lipinski definition) is 0. The van der Waals surface area contributed by atoms with Gasteiger partial charge in [0.15, 0.2) is 0 Å². The Morgan fingerprint density at radius 2 is 1.12 bits per heavy atom. The minimum Gasteiger partial charge on any atom is -0.497 e. The Kier molecular flexibility index (Phi) is 4.48. The molecule has 4 rings (SSSR count). The third-order valence-corrected chi connectivity index (χ3v) is 4.31. The van der Waals surface area contributed by atoms with E-state index in [0.717, 1.165) is 39.5 Å². The van der Waals surface area contributed by atoms with Crippen molar-refractivity contribution in [2.45, 2.75) is 0 Å². The summed E-state index contributed by atoms with van der Waals surface area (Å²) in [6.07, 6.45) is 0. The van der Waals surface area contributed by atoms with Gasteiger partial charge in [-0.3, -0.25) is 0 Å². The molecule has 26 heavy (non-hydrogen) atoms. The third kappa shape index (κ3) is 3.35. The molecular formula is C24H19O2+. The first-order valence-electron chi connectivity index (χ1n) is 8.57. The molecule has 3 aromatic carbocycles. The average Bonchev–Trinajstić information content (AvgIpc) is 2.75. The largest absolute Gasteiger partial charge is 0.497 e. The first kappa shape index (κ1) is 16.1. The lowest BCUT2D eigenvalue weighted by molar-refractivity contribution is 0.415. The van der Waals surface area contributed by atoms with E-state index in [9.17, 15) is 0 Å². The van der Waals surface area contributed by atoms with Gasteiger partial charge in [-0.2, -0.15) is 0 Å². The van der Waals surface area contributed by atoms with Crippen molar-refractivity contribution in [2.24, 2.45) is 0 Å². The number of benzene rings is 3. The minimum atomic E-state index is 0.809. The van der Waals surface area contributed by atoms with Gasteiger partial charge in [0, 0.05) is 5.56 Å². The molecule has 0 aliphatic heterocycles. The van der Waals surface area contributed by atoms with Gasteiger partial charge in [-0.1, -0.05) is 54.6 Å². The van der Waals surface area contributed by atoms with Crippen molar-refractivity contribution in [3.8, 4) is 39.5 Å². The smallest absolute Gasteiger partial charge is 0.361 e. The van der Waals surface area contributed by atoms with Crippen LogP contribution in [0.5, 0.6) is 5.75 Å². The third-order valence-electron chi connectivity index (χ3n) is 4.31. The average molecular weight is 339 g/mol. The Hall–Kier alpha value is -3.39. The van der Waals surface area contributed by atoms with Crippen LogP contribution in [-0.4, -0.2) is 7.11 Å². The van der Waals surface area contributed by atoms with Crippen molar-refractivity contribution in [2.75, 3.05) is 7.11 Å². The number of rotatable bonds is 4. The van der Waals surface area contributed by atoms with E-state index in [1.54, 1.807) is 7.11 Å². The van der Waals surface area contributed by atoms with E-state index < -0.39 is 0 Å². The van der Waals surface area contributed by atoms with E-state index in [1.807, 2.05) is 60.7 Å². The Morgan fingerprint density at radius 1 is 0.538 bits per heavy atom. The molecule has 0 saturated carbocycles. The second-order valence-corrected chi connectivity index (χ2v) is 6.04. The van der Waals surface area contributed by atoms with Crippen molar-refractivity contribution in [3.05, 3.63) is 97.1 Å². The molecule has 2 nitrogen and oxygen atoms in total. The van der Waals surface area contributed by atoms with Crippen LogP contribution in [0.2, 0.25) is 0 Å². The molecule has 0 radical (unpaired) electrons. The van der Waals surface area contributed by atoms with E-state index >= 15 is 0 Å². The Bertz CT molecular complexity index is 951. The normalized spacial score (nSPS) is 10.5. The van der Waals surface area contributed by atoms with Crippen LogP contribution in [-0.2, 0) is 0 Å². The molecule has 0 aliphatic rings. The molecule has 0 bridgehead atoms. The quantitative estimate of drug-likeness (QED) is 0.392. The van der Waals surface area contributed by atoms with E-state index in [4.69, 9.17) is 9.15 Å². The molecule has 126 valence electrons. The van der Waals surface area contributed by atoms with Crippen LogP contribution in [0.15, 0.2) is 101 Å². The molecule has 1 heterocycles. The van der Waals surface area contributed by atoms with Crippen LogP contribution in [0, 0.1) is 0 Å². The zero-order valence-electron chi connectivity index (χ0n) is 14.6. The fourth-order valence-electron chi connectivity index (χ4n) is 2.96. The molecule has 0 spiro atoms. The maximum absolute atomic E-state index is 6.26. The van der Waals surface area contributed by atoms with Crippen molar-refractivity contribution >= 4 is 0 Å². The molecule has 0 aliphatic carbocycles. The van der Waals surface area contributed by atoms with Crippen LogP contribution in [0.1, 0.15) is 0 Å². The summed E-state index contributed by atoms with van der Waals surface area (Å²) < 4.78 is 11.6. The highest BCUT2D eigenvalue weighted by atomic mass is 16.5. The summed E-state index contributed by atoms with van der Waals surface area (Å²) >= 11 is 0. The molecule has 0 amide bonds. The summed E-state index contributed by atoms with van der Waals surface area (Å²) in [5, 5.41) is 0. The van der Waals surface area contributed by atoms with Gasteiger partial charge in [-0.25, -0.2) is 4.42 Å². The Labute approximate surface area is 153 Å². The van der Waals surface area contributed by atoms with Crippen molar-refractivity contribution < 1.29 is 9.15 Å². The maximum atomic E-state index is 6.26. The van der Waals surface area contributed by atoms with Crippen molar-refractivity contribution in [1.29, 1.82) is 0 Å². The van der Waals surface area contributed by atoms with Gasteiger partial charge in [0.25, 0.3) is 0 Å². The van der Waals surface area contributed by atoms with Gasteiger partial charge < -0.3 is 4.74 Å². The summed E-state index contributed by atoms with van der Waals surface area (Å²) in [4.78, 5) is 0. The number of hydrogen-bond acceptors (Lipinski definition) is 1. The highest BCUT2D eigenvalue weighted by Crippen LogP contribution is 2.33. The van der Waals surface area contributed by atoms with Gasteiger partial charge in [0.1, 0.15) is 5.75 Å². The molecule has 4 aromatic rings. The molecule has 0 N–H and O–H groups in total. The molecule has 0 atom stereocenters. The van der Waals surface area contributed by atoms with Crippen LogP contribution < -0.4 is 4.74 Å². The molecule has 0 unspecified atom stereocenters. The first-order chi connectivity index (χ1) is 12.8. The molecule has 0 saturated heterocycles. The van der Waals surface area contributed by atoms with Crippen molar-refractivity contribution in [1.82, 2.24) is 0 Å². The summed E-state index contributed by atoms with van der Waals surface area (Å²) in [7, 11) is 1.67. The summed E-state index contributed by atoms with van der Waals surface area (Å²) in [5.74, 6) is 2.46. The van der Waals surface area contributed by atoms with Gasteiger partial charge in [-0.15, -0.1) is 0 Å². The minimum absolute atomic E-state index is 0.809. The summed E-state index contributed by atoms with van der Waals surface area (Å²) in [6.45, 7) is 0. The van der Waals surface area contributed by atoms with E-state index in [2.05, 4.69) is 36.4 Å². The molecular weight excluding hydrogens is 320 g/mol. The monoisotopic (exact) mass is 339 g/mol. The predicted octanol–water partition coefficient (Wildman–Crippen LogP) is 6.57. The molecule has 2 heteroatoms. The van der Waals surface area contributed by atoms with Crippen LogP contribution in [0.3, 0.4) is 0 Å². The first-order valence-corrected chi connectivity index (χ1v) is 8.57. The van der Waals surface area contributed by atoms with Crippen LogP contribution in [0.25, 0.3) is 33.8 Å². The Balaban J connectivity index is 1.90. The zero-order valence-corrected chi connectivity index (χ0v) is 14.6. The van der Waals surface area contributed by atoms with Gasteiger partial charge in [0.2, 0.25) is 0 Å². The second kappa shape index (κ2) is 7.24. The standard InChI is InChI=1S/C24H19O2/c1-25-22-14-8-13-20(15-22)24-17-21(18-9-4-2-5-10-18)16-23(26-24)19-11-6-3-7-12-19/h2-17H,1H3/q+1. The van der Waals surface area contributed by atoms with E-state index in [0.29, 0.717) is 0 Å². The topological polar surface area (TPSA) is 20.5 Å². The fraction of sp³-hybridized carbons (Fsp3) is 0.0417.